The second-order valence-electron chi connectivity index (χ2n) is 8.00. The molecule has 1 amide bonds. The van der Waals surface area contributed by atoms with Gasteiger partial charge in [-0.05, 0) is 42.3 Å². The van der Waals surface area contributed by atoms with E-state index in [1.54, 1.807) is 36.4 Å². The maximum Gasteiger partial charge on any atom is 0.294 e. The van der Waals surface area contributed by atoms with Crippen LogP contribution >= 0.6 is 11.6 Å². The normalized spacial score (nSPS) is 15.9. The Kier molecular flexibility index (Phi) is 5.38. The first-order chi connectivity index (χ1) is 16.4. The number of carbonyl (C=O) groups is 2. The highest BCUT2D eigenvalue weighted by Crippen LogP contribution is 2.43. The quantitative estimate of drug-likeness (QED) is 0.350. The molecule has 0 fully saturated rings. The van der Waals surface area contributed by atoms with Gasteiger partial charge in [-0.2, -0.15) is 0 Å². The Bertz CT molecular complexity index is 1470. The van der Waals surface area contributed by atoms with Crippen molar-refractivity contribution in [1.29, 1.82) is 0 Å². The van der Waals surface area contributed by atoms with Crippen LogP contribution < -0.4 is 9.64 Å². The first kappa shape index (κ1) is 21.8. The average Bonchev–Trinajstić information content (AvgIpc) is 3.38. The van der Waals surface area contributed by atoms with Crippen LogP contribution in [-0.4, -0.2) is 23.9 Å². The molecule has 1 aromatic heterocycles. The number of nitrogens with zero attached hydrogens (tertiary/aromatic N) is 1. The van der Waals surface area contributed by atoms with Gasteiger partial charge in [0.15, 0.2) is 22.9 Å². The summed E-state index contributed by atoms with van der Waals surface area (Å²) in [6.07, 6.45) is 0. The third kappa shape index (κ3) is 3.43. The van der Waals surface area contributed by atoms with E-state index >= 15 is 0 Å². The van der Waals surface area contributed by atoms with E-state index in [1.807, 2.05) is 37.3 Å². The van der Waals surface area contributed by atoms with E-state index in [0.29, 0.717) is 27.4 Å². The molecular weight excluding hydrogens is 454 g/mol. The van der Waals surface area contributed by atoms with Gasteiger partial charge in [0, 0.05) is 22.2 Å². The Labute approximate surface area is 200 Å². The summed E-state index contributed by atoms with van der Waals surface area (Å²) in [6, 6.07) is 20.4. The summed E-state index contributed by atoms with van der Waals surface area (Å²) >= 11 is 6.16. The number of furan rings is 1. The summed E-state index contributed by atoms with van der Waals surface area (Å²) in [5.41, 5.74) is 2.47. The van der Waals surface area contributed by atoms with Crippen LogP contribution in [0.15, 0.2) is 88.5 Å². The van der Waals surface area contributed by atoms with Gasteiger partial charge in [0.2, 0.25) is 5.78 Å². The molecule has 1 atom stereocenters. The Morgan fingerprint density at radius 1 is 1.06 bits per heavy atom. The van der Waals surface area contributed by atoms with Crippen molar-refractivity contribution in [3.63, 3.8) is 0 Å². The van der Waals surface area contributed by atoms with Crippen LogP contribution in [0.2, 0.25) is 5.02 Å². The highest BCUT2D eigenvalue weighted by atomic mass is 35.5. The number of aliphatic hydroxyl groups is 1. The third-order valence-electron chi connectivity index (χ3n) is 5.96. The Hall–Kier alpha value is -4.03. The zero-order valence-corrected chi connectivity index (χ0v) is 19.2. The van der Waals surface area contributed by atoms with Crippen molar-refractivity contribution < 1.29 is 23.8 Å². The van der Waals surface area contributed by atoms with Crippen molar-refractivity contribution in [1.82, 2.24) is 0 Å². The number of para-hydroxylation sites is 1. The number of aliphatic hydroxyl groups excluding tert-OH is 1. The summed E-state index contributed by atoms with van der Waals surface area (Å²) in [4.78, 5) is 28.5. The predicted octanol–water partition coefficient (Wildman–Crippen LogP) is 6.19. The van der Waals surface area contributed by atoms with Crippen molar-refractivity contribution in [2.45, 2.75) is 13.0 Å². The number of halogens is 1. The maximum atomic E-state index is 13.8. The SMILES string of the molecule is COc1cc(Cl)cc2cc(C(=O)C3=C(O)C(=O)N(c4ccccc4)C3c3ccccc3C)oc12. The fraction of sp³-hybridized carbons (Fsp3) is 0.111. The van der Waals surface area contributed by atoms with Gasteiger partial charge in [-0.1, -0.05) is 54.1 Å². The lowest BCUT2D eigenvalue weighted by Crippen LogP contribution is -2.31. The van der Waals surface area contributed by atoms with Gasteiger partial charge < -0.3 is 14.3 Å². The topological polar surface area (TPSA) is 80.0 Å². The van der Waals surface area contributed by atoms with Crippen molar-refractivity contribution in [2.75, 3.05) is 12.0 Å². The largest absolute Gasteiger partial charge is 0.503 e. The fourth-order valence-electron chi connectivity index (χ4n) is 4.36. The van der Waals surface area contributed by atoms with Gasteiger partial charge in [-0.15, -0.1) is 0 Å². The van der Waals surface area contributed by atoms with Gasteiger partial charge in [0.1, 0.15) is 0 Å². The average molecular weight is 474 g/mol. The molecule has 0 aliphatic carbocycles. The number of ether oxygens (including phenoxy) is 1. The Morgan fingerprint density at radius 3 is 2.47 bits per heavy atom. The minimum atomic E-state index is -0.831. The number of anilines is 1. The number of Topliss-reactive ketones (excluding diaryl/α,β-unsaturated/α-hetero) is 1. The van der Waals surface area contributed by atoms with Gasteiger partial charge in [0.25, 0.3) is 5.91 Å². The highest BCUT2D eigenvalue weighted by molar-refractivity contribution is 6.31. The number of carbonyl (C=O) groups excluding carboxylic acids is 2. The van der Waals surface area contributed by atoms with E-state index < -0.39 is 23.5 Å². The second kappa shape index (κ2) is 8.39. The molecule has 5 rings (SSSR count). The third-order valence-corrected chi connectivity index (χ3v) is 6.18. The van der Waals surface area contributed by atoms with Crippen molar-refractivity contribution in [3.05, 3.63) is 106 Å². The van der Waals surface area contributed by atoms with Crippen LogP contribution in [0.1, 0.15) is 27.7 Å². The van der Waals surface area contributed by atoms with E-state index in [-0.39, 0.29) is 11.3 Å². The lowest BCUT2D eigenvalue weighted by Gasteiger charge is -2.27. The van der Waals surface area contributed by atoms with E-state index in [0.717, 1.165) is 11.1 Å². The number of methoxy groups -OCH3 is 1. The van der Waals surface area contributed by atoms with Crippen molar-refractivity contribution in [3.8, 4) is 5.75 Å². The summed E-state index contributed by atoms with van der Waals surface area (Å²) in [5, 5.41) is 11.9. The second-order valence-corrected chi connectivity index (χ2v) is 8.43. The Balaban J connectivity index is 1.68. The van der Waals surface area contributed by atoms with Crippen molar-refractivity contribution >= 4 is 39.9 Å². The molecule has 1 unspecified atom stereocenters. The van der Waals surface area contributed by atoms with Gasteiger partial charge in [-0.3, -0.25) is 14.5 Å². The molecule has 0 saturated heterocycles. The number of rotatable bonds is 5. The smallest absolute Gasteiger partial charge is 0.294 e. The molecule has 34 heavy (non-hydrogen) atoms. The summed E-state index contributed by atoms with van der Waals surface area (Å²) in [6.45, 7) is 1.90. The van der Waals surface area contributed by atoms with Crippen LogP contribution in [0, 0.1) is 6.92 Å². The van der Waals surface area contributed by atoms with Gasteiger partial charge in [-0.25, -0.2) is 0 Å². The molecule has 1 N–H and O–H groups in total. The van der Waals surface area contributed by atoms with E-state index in [4.69, 9.17) is 20.8 Å². The first-order valence-electron chi connectivity index (χ1n) is 10.6. The molecule has 0 radical (unpaired) electrons. The lowest BCUT2D eigenvalue weighted by atomic mass is 9.92. The van der Waals surface area contributed by atoms with Crippen molar-refractivity contribution in [2.24, 2.45) is 0 Å². The van der Waals surface area contributed by atoms with Crippen LogP contribution in [0.25, 0.3) is 11.0 Å². The minimum Gasteiger partial charge on any atom is -0.503 e. The molecule has 0 bridgehead atoms. The van der Waals surface area contributed by atoms with Crippen LogP contribution in [-0.2, 0) is 4.79 Å². The molecule has 6 nitrogen and oxygen atoms in total. The van der Waals surface area contributed by atoms with Crippen LogP contribution in [0.5, 0.6) is 5.75 Å². The number of aryl methyl sites for hydroxylation is 1. The molecule has 4 aromatic rings. The van der Waals surface area contributed by atoms with Crippen LogP contribution in [0.4, 0.5) is 5.69 Å². The summed E-state index contributed by atoms with van der Waals surface area (Å²) < 4.78 is 11.2. The Morgan fingerprint density at radius 2 is 1.76 bits per heavy atom. The molecule has 0 saturated carbocycles. The molecule has 3 aromatic carbocycles. The minimum absolute atomic E-state index is 0.0292. The monoisotopic (exact) mass is 473 g/mol. The molecule has 7 heteroatoms. The predicted molar refractivity (Wildman–Crippen MR) is 130 cm³/mol. The molecule has 1 aliphatic heterocycles. The molecule has 170 valence electrons. The number of hydrogen-bond donors (Lipinski definition) is 1. The zero-order valence-electron chi connectivity index (χ0n) is 18.4. The maximum absolute atomic E-state index is 13.8. The van der Waals surface area contributed by atoms with Crippen LogP contribution in [0.3, 0.4) is 0 Å². The van der Waals surface area contributed by atoms with E-state index in [9.17, 15) is 14.7 Å². The molecule has 0 spiro atoms. The number of hydrogen-bond acceptors (Lipinski definition) is 5. The highest BCUT2D eigenvalue weighted by Gasteiger charge is 2.45. The molecular formula is C27H20ClNO5. The zero-order chi connectivity index (χ0) is 24.0. The number of benzene rings is 3. The molecule has 1 aliphatic rings. The number of fused-ring (bicyclic) bond motifs is 1. The van der Waals surface area contributed by atoms with Gasteiger partial charge >= 0.3 is 0 Å². The van der Waals surface area contributed by atoms with Gasteiger partial charge in [0.05, 0.1) is 18.7 Å². The number of amides is 1. The number of ketones is 1. The lowest BCUT2D eigenvalue weighted by molar-refractivity contribution is -0.117. The standard InChI is InChI=1S/C27H20ClNO5/c1-15-8-6-7-11-19(15)23-22(25(31)27(32)29(23)18-9-4-3-5-10-18)24(30)20-13-16-12-17(28)14-21(33-2)26(16)34-20/h3-14,23,31H,1-2H3. The van der Waals surface area contributed by atoms with E-state index in [2.05, 4.69) is 0 Å². The molecule has 2 heterocycles. The first-order valence-corrected chi connectivity index (χ1v) is 11.0. The summed E-state index contributed by atoms with van der Waals surface area (Å²) in [7, 11) is 1.48. The van der Waals surface area contributed by atoms with E-state index in [1.165, 1.54) is 18.1 Å². The fourth-order valence-corrected chi connectivity index (χ4v) is 4.58. The summed E-state index contributed by atoms with van der Waals surface area (Å²) in [5.74, 6) is -1.50.